The van der Waals surface area contributed by atoms with Crippen LogP contribution < -0.4 is 15.8 Å². The fourth-order valence-corrected chi connectivity index (χ4v) is 2.03. The van der Waals surface area contributed by atoms with E-state index in [1.807, 2.05) is 54.6 Å². The Bertz CT molecular complexity index is 731. The van der Waals surface area contributed by atoms with Crippen molar-refractivity contribution in [3.8, 4) is 5.75 Å². The van der Waals surface area contributed by atoms with E-state index in [0.29, 0.717) is 24.9 Å². The van der Waals surface area contributed by atoms with Gasteiger partial charge in [-0.1, -0.05) is 30.3 Å². The van der Waals surface area contributed by atoms with Crippen LogP contribution in [0.2, 0.25) is 0 Å². The number of benzene rings is 2. The van der Waals surface area contributed by atoms with Gasteiger partial charge < -0.3 is 15.8 Å². The summed E-state index contributed by atoms with van der Waals surface area (Å²) in [7, 11) is 0. The highest BCUT2D eigenvalue weighted by Gasteiger charge is 2.03. The molecule has 0 spiro atoms. The number of nitrogens with one attached hydrogen (secondary N) is 1. The van der Waals surface area contributed by atoms with E-state index in [1.54, 1.807) is 0 Å². The van der Waals surface area contributed by atoms with E-state index in [2.05, 4.69) is 15.3 Å². The molecule has 0 atom stereocenters. The number of hydrogen-bond donors (Lipinski definition) is 2. The number of anilines is 2. The van der Waals surface area contributed by atoms with Gasteiger partial charge in [0.1, 0.15) is 18.2 Å². The van der Waals surface area contributed by atoms with Crippen molar-refractivity contribution in [2.24, 2.45) is 0 Å². The largest absolute Gasteiger partial charge is 0.492 e. The average Bonchev–Trinajstić information content (AvgIpc) is 2.53. The number of aromatic nitrogens is 2. The molecule has 1 aromatic heterocycles. The number of nitrogen functional groups attached to an aromatic ring is 1. The Balaban J connectivity index is 1.60. The standard InChI is InChI=1S/C16H16N4O/c17-15-13-8-4-5-9-14(13)19-16(20-15)18-10-11-21-12-6-2-1-3-7-12/h1-9H,10-11H2,(H3,17,18,19,20). The number of ether oxygens (including phenoxy) is 1. The molecule has 0 saturated carbocycles. The minimum Gasteiger partial charge on any atom is -0.492 e. The molecule has 0 saturated heterocycles. The Morgan fingerprint density at radius 3 is 2.57 bits per heavy atom. The molecule has 0 aliphatic rings. The summed E-state index contributed by atoms with van der Waals surface area (Å²) in [4.78, 5) is 8.67. The lowest BCUT2D eigenvalue weighted by Crippen LogP contribution is -2.14. The minimum atomic E-state index is 0.479. The maximum atomic E-state index is 5.93. The lowest BCUT2D eigenvalue weighted by Gasteiger charge is -2.09. The fraction of sp³-hybridized carbons (Fsp3) is 0.125. The Kier molecular flexibility index (Phi) is 3.82. The van der Waals surface area contributed by atoms with Gasteiger partial charge in [0.2, 0.25) is 5.95 Å². The monoisotopic (exact) mass is 280 g/mol. The van der Waals surface area contributed by atoms with Crippen LogP contribution in [-0.4, -0.2) is 23.1 Å². The molecule has 21 heavy (non-hydrogen) atoms. The molecule has 0 aliphatic carbocycles. The van der Waals surface area contributed by atoms with Crippen molar-refractivity contribution in [2.45, 2.75) is 0 Å². The maximum Gasteiger partial charge on any atom is 0.225 e. The molecule has 5 nitrogen and oxygen atoms in total. The van der Waals surface area contributed by atoms with Crippen LogP contribution in [0.5, 0.6) is 5.75 Å². The smallest absolute Gasteiger partial charge is 0.225 e. The van der Waals surface area contributed by atoms with Crippen LogP contribution in [-0.2, 0) is 0 Å². The van der Waals surface area contributed by atoms with Gasteiger partial charge in [-0.05, 0) is 24.3 Å². The van der Waals surface area contributed by atoms with E-state index in [4.69, 9.17) is 10.5 Å². The van der Waals surface area contributed by atoms with Gasteiger partial charge in [-0.15, -0.1) is 0 Å². The Morgan fingerprint density at radius 1 is 0.952 bits per heavy atom. The molecule has 0 bridgehead atoms. The number of para-hydroxylation sites is 2. The van der Waals surface area contributed by atoms with E-state index in [1.165, 1.54) is 0 Å². The van der Waals surface area contributed by atoms with Crippen molar-refractivity contribution in [1.82, 2.24) is 9.97 Å². The topological polar surface area (TPSA) is 73.1 Å². The molecule has 106 valence electrons. The third kappa shape index (κ3) is 3.20. The summed E-state index contributed by atoms with van der Waals surface area (Å²) in [5, 5.41) is 3.99. The van der Waals surface area contributed by atoms with Crippen molar-refractivity contribution in [2.75, 3.05) is 24.2 Å². The number of rotatable bonds is 5. The van der Waals surface area contributed by atoms with Gasteiger partial charge in [0.15, 0.2) is 0 Å². The number of hydrogen-bond acceptors (Lipinski definition) is 5. The van der Waals surface area contributed by atoms with Gasteiger partial charge in [-0.25, -0.2) is 4.98 Å². The molecular formula is C16H16N4O. The zero-order valence-corrected chi connectivity index (χ0v) is 11.5. The quantitative estimate of drug-likeness (QED) is 0.703. The molecule has 0 amide bonds. The van der Waals surface area contributed by atoms with Gasteiger partial charge in [-0.2, -0.15) is 4.98 Å². The lowest BCUT2D eigenvalue weighted by molar-refractivity contribution is 0.332. The third-order valence-electron chi connectivity index (χ3n) is 3.03. The molecule has 5 heteroatoms. The van der Waals surface area contributed by atoms with Crippen LogP contribution >= 0.6 is 0 Å². The van der Waals surface area contributed by atoms with Crippen molar-refractivity contribution >= 4 is 22.7 Å². The summed E-state index contributed by atoms with van der Waals surface area (Å²) in [6.07, 6.45) is 0. The first-order valence-electron chi connectivity index (χ1n) is 6.77. The summed E-state index contributed by atoms with van der Waals surface area (Å²) in [5.74, 6) is 1.84. The van der Waals surface area contributed by atoms with Crippen LogP contribution in [0.1, 0.15) is 0 Å². The number of fused-ring (bicyclic) bond motifs is 1. The highest BCUT2D eigenvalue weighted by atomic mass is 16.5. The van der Waals surface area contributed by atoms with Crippen molar-refractivity contribution in [3.63, 3.8) is 0 Å². The van der Waals surface area contributed by atoms with E-state index >= 15 is 0 Å². The molecule has 0 radical (unpaired) electrons. The first-order valence-corrected chi connectivity index (χ1v) is 6.77. The first-order chi connectivity index (χ1) is 10.3. The first kappa shape index (κ1) is 13.2. The summed E-state index contributed by atoms with van der Waals surface area (Å²) < 4.78 is 5.60. The van der Waals surface area contributed by atoms with Crippen molar-refractivity contribution < 1.29 is 4.74 Å². The van der Waals surface area contributed by atoms with Gasteiger partial charge >= 0.3 is 0 Å². The zero-order valence-electron chi connectivity index (χ0n) is 11.5. The lowest BCUT2D eigenvalue weighted by atomic mass is 10.2. The normalized spacial score (nSPS) is 10.5. The molecule has 0 unspecified atom stereocenters. The van der Waals surface area contributed by atoms with E-state index < -0.39 is 0 Å². The maximum absolute atomic E-state index is 5.93. The third-order valence-corrected chi connectivity index (χ3v) is 3.03. The second kappa shape index (κ2) is 6.09. The SMILES string of the molecule is Nc1nc(NCCOc2ccccc2)nc2ccccc12. The second-order valence-electron chi connectivity index (χ2n) is 4.54. The van der Waals surface area contributed by atoms with Crippen molar-refractivity contribution in [3.05, 3.63) is 54.6 Å². The molecule has 2 aromatic carbocycles. The molecule has 3 rings (SSSR count). The second-order valence-corrected chi connectivity index (χ2v) is 4.54. The summed E-state index contributed by atoms with van der Waals surface area (Å²) in [6, 6.07) is 17.4. The fourth-order valence-electron chi connectivity index (χ4n) is 2.03. The summed E-state index contributed by atoms with van der Waals surface area (Å²) >= 11 is 0. The summed E-state index contributed by atoms with van der Waals surface area (Å²) in [5.41, 5.74) is 6.76. The predicted molar refractivity (Wildman–Crippen MR) is 84.4 cm³/mol. The van der Waals surface area contributed by atoms with Gasteiger partial charge in [0.25, 0.3) is 0 Å². The molecule has 1 heterocycles. The van der Waals surface area contributed by atoms with Crippen LogP contribution in [0.25, 0.3) is 10.9 Å². The van der Waals surface area contributed by atoms with Gasteiger partial charge in [0.05, 0.1) is 12.1 Å². The van der Waals surface area contributed by atoms with Crippen LogP contribution in [0.3, 0.4) is 0 Å². The molecular weight excluding hydrogens is 264 g/mol. The number of nitrogens with two attached hydrogens (primary N) is 1. The highest BCUT2D eigenvalue weighted by molar-refractivity contribution is 5.88. The van der Waals surface area contributed by atoms with Crippen LogP contribution in [0.15, 0.2) is 54.6 Å². The Labute approximate surface area is 122 Å². The Morgan fingerprint density at radius 2 is 1.71 bits per heavy atom. The Hall–Kier alpha value is -2.82. The van der Waals surface area contributed by atoms with E-state index in [-0.39, 0.29) is 0 Å². The predicted octanol–water partition coefficient (Wildman–Crippen LogP) is 2.70. The van der Waals surface area contributed by atoms with Crippen LogP contribution in [0.4, 0.5) is 11.8 Å². The molecule has 0 fully saturated rings. The molecule has 3 N–H and O–H groups in total. The molecule has 0 aliphatic heterocycles. The highest BCUT2D eigenvalue weighted by Crippen LogP contribution is 2.18. The minimum absolute atomic E-state index is 0.479. The zero-order chi connectivity index (χ0) is 14.5. The van der Waals surface area contributed by atoms with Gasteiger partial charge in [0, 0.05) is 5.39 Å². The molecule has 3 aromatic rings. The van der Waals surface area contributed by atoms with Crippen molar-refractivity contribution in [1.29, 1.82) is 0 Å². The average molecular weight is 280 g/mol. The van der Waals surface area contributed by atoms with Crippen LogP contribution in [0, 0.1) is 0 Å². The van der Waals surface area contributed by atoms with Gasteiger partial charge in [-0.3, -0.25) is 0 Å². The number of nitrogens with zero attached hydrogens (tertiary/aromatic N) is 2. The van der Waals surface area contributed by atoms with E-state index in [0.717, 1.165) is 16.7 Å². The van der Waals surface area contributed by atoms with E-state index in [9.17, 15) is 0 Å². The summed E-state index contributed by atoms with van der Waals surface area (Å²) in [6.45, 7) is 1.13.